The molecule has 0 aromatic rings. The van der Waals surface area contributed by atoms with Crippen molar-refractivity contribution in [3.05, 3.63) is 0 Å². The number of oxime groups is 1. The van der Waals surface area contributed by atoms with Gasteiger partial charge in [-0.2, -0.15) is 0 Å². The molecule has 2 fully saturated rings. The molecule has 0 amide bonds. The number of carbonyl (C=O) groups excluding carboxylic acids is 1. The van der Waals surface area contributed by atoms with E-state index in [1.54, 1.807) is 6.92 Å². The summed E-state index contributed by atoms with van der Waals surface area (Å²) >= 11 is 0. The molecule has 0 aromatic carbocycles. The maximum atomic E-state index is 11.9. The summed E-state index contributed by atoms with van der Waals surface area (Å²) in [7, 11) is 0. The van der Waals surface area contributed by atoms with Crippen molar-refractivity contribution in [1.82, 2.24) is 4.90 Å². The van der Waals surface area contributed by atoms with Crippen LogP contribution in [0.25, 0.3) is 0 Å². The molecule has 0 aromatic heterocycles. The lowest BCUT2D eigenvalue weighted by atomic mass is 9.76. The molecule has 3 aliphatic rings. The largest absolute Gasteiger partial charge is 0.461 e. The van der Waals surface area contributed by atoms with Crippen LogP contribution in [0.2, 0.25) is 0 Å². The zero-order valence-corrected chi connectivity index (χ0v) is 12.7. The third-order valence-electron chi connectivity index (χ3n) is 4.79. The summed E-state index contributed by atoms with van der Waals surface area (Å²) in [4.78, 5) is 20.2. The standard InChI is InChI=1S/C15H24N2O4/c1-2-20-14(18)13-11-12-5-3-4-6-15(12,21-16-13)17-7-9-19-10-8-17/h12H,2-11H2,1H3. The molecule has 2 unspecified atom stereocenters. The van der Waals surface area contributed by atoms with Crippen molar-refractivity contribution in [3.63, 3.8) is 0 Å². The Bertz CT molecular complexity index is 420. The van der Waals surface area contributed by atoms with Gasteiger partial charge in [-0.25, -0.2) is 4.79 Å². The Labute approximate surface area is 125 Å². The first-order valence-corrected chi connectivity index (χ1v) is 8.01. The molecular weight excluding hydrogens is 272 g/mol. The molecular formula is C15H24N2O4. The monoisotopic (exact) mass is 296 g/mol. The van der Waals surface area contributed by atoms with Crippen molar-refractivity contribution in [2.75, 3.05) is 32.9 Å². The number of esters is 1. The van der Waals surface area contributed by atoms with E-state index < -0.39 is 0 Å². The second kappa shape index (κ2) is 6.32. The summed E-state index contributed by atoms with van der Waals surface area (Å²) in [6.07, 6.45) is 5.07. The zero-order chi connectivity index (χ0) is 14.7. The third kappa shape index (κ3) is 2.79. The summed E-state index contributed by atoms with van der Waals surface area (Å²) in [5.74, 6) is -0.0140. The number of rotatable bonds is 3. The average Bonchev–Trinajstić information content (AvgIpc) is 2.55. The van der Waals surface area contributed by atoms with Crippen molar-refractivity contribution in [2.24, 2.45) is 11.1 Å². The first-order valence-electron chi connectivity index (χ1n) is 8.01. The fourth-order valence-electron chi connectivity index (χ4n) is 3.74. The highest BCUT2D eigenvalue weighted by atomic mass is 16.7. The molecule has 1 aliphatic carbocycles. The number of nitrogens with zero attached hydrogens (tertiary/aromatic N) is 2. The normalized spacial score (nSPS) is 33.6. The highest BCUT2D eigenvalue weighted by Crippen LogP contribution is 2.44. The summed E-state index contributed by atoms with van der Waals surface area (Å²) in [5.41, 5.74) is 0.102. The minimum atomic E-state index is -0.335. The Balaban J connectivity index is 1.79. The Kier molecular flexibility index (Phi) is 4.45. The van der Waals surface area contributed by atoms with Crippen molar-refractivity contribution in [3.8, 4) is 0 Å². The first kappa shape index (κ1) is 14.8. The molecule has 1 saturated heterocycles. The zero-order valence-electron chi connectivity index (χ0n) is 12.7. The third-order valence-corrected chi connectivity index (χ3v) is 4.79. The van der Waals surface area contributed by atoms with E-state index in [1.807, 2.05) is 0 Å². The second-order valence-electron chi connectivity index (χ2n) is 5.94. The van der Waals surface area contributed by atoms with Crippen LogP contribution in [0, 0.1) is 5.92 Å². The van der Waals surface area contributed by atoms with Crippen LogP contribution in [0.1, 0.15) is 39.0 Å². The molecule has 0 bridgehead atoms. The van der Waals surface area contributed by atoms with Gasteiger partial charge in [-0.05, 0) is 19.8 Å². The molecule has 21 heavy (non-hydrogen) atoms. The maximum absolute atomic E-state index is 11.9. The Morgan fingerprint density at radius 3 is 3.00 bits per heavy atom. The van der Waals surface area contributed by atoms with Gasteiger partial charge >= 0.3 is 5.97 Å². The van der Waals surface area contributed by atoms with E-state index in [0.717, 1.165) is 45.6 Å². The van der Waals surface area contributed by atoms with Gasteiger partial charge in [-0.1, -0.05) is 11.6 Å². The molecule has 1 saturated carbocycles. The van der Waals surface area contributed by atoms with Gasteiger partial charge in [-0.3, -0.25) is 4.90 Å². The van der Waals surface area contributed by atoms with Crippen molar-refractivity contribution in [1.29, 1.82) is 0 Å². The molecule has 2 aliphatic heterocycles. The van der Waals surface area contributed by atoms with Crippen LogP contribution in [-0.4, -0.2) is 55.2 Å². The van der Waals surface area contributed by atoms with Crippen molar-refractivity contribution in [2.45, 2.75) is 44.8 Å². The average molecular weight is 296 g/mol. The van der Waals surface area contributed by atoms with Gasteiger partial charge in [0, 0.05) is 31.8 Å². The topological polar surface area (TPSA) is 60.4 Å². The number of hydrogen-bond donors (Lipinski definition) is 0. The number of ether oxygens (including phenoxy) is 2. The van der Waals surface area contributed by atoms with Crippen LogP contribution in [0.5, 0.6) is 0 Å². The van der Waals surface area contributed by atoms with Crippen molar-refractivity contribution >= 4 is 11.7 Å². The SMILES string of the molecule is CCOC(=O)C1=NOC2(N3CCOCC3)CCCCC2C1. The molecule has 0 radical (unpaired) electrons. The molecule has 2 heterocycles. The molecule has 0 spiro atoms. The minimum Gasteiger partial charge on any atom is -0.461 e. The molecule has 0 N–H and O–H groups in total. The van der Waals surface area contributed by atoms with Gasteiger partial charge in [-0.15, -0.1) is 0 Å². The highest BCUT2D eigenvalue weighted by molar-refractivity contribution is 6.36. The lowest BCUT2D eigenvalue weighted by Crippen LogP contribution is -2.61. The fourth-order valence-corrected chi connectivity index (χ4v) is 3.74. The Hall–Kier alpha value is -1.14. The lowest BCUT2D eigenvalue weighted by molar-refractivity contribution is -0.229. The number of fused-ring (bicyclic) bond motifs is 1. The van der Waals surface area contributed by atoms with Crippen LogP contribution in [0.15, 0.2) is 5.16 Å². The number of hydrogen-bond acceptors (Lipinski definition) is 6. The summed E-state index contributed by atoms with van der Waals surface area (Å²) < 4.78 is 10.5. The van der Waals surface area contributed by atoms with Crippen molar-refractivity contribution < 1.29 is 19.1 Å². The highest BCUT2D eigenvalue weighted by Gasteiger charge is 2.51. The predicted octanol–water partition coefficient (Wildman–Crippen LogP) is 1.54. The molecule has 118 valence electrons. The minimum absolute atomic E-state index is 0.321. The summed E-state index contributed by atoms with van der Waals surface area (Å²) in [6.45, 7) is 5.41. The molecule has 6 nitrogen and oxygen atoms in total. The van der Waals surface area contributed by atoms with Gasteiger partial charge in [0.1, 0.15) is 0 Å². The van der Waals surface area contributed by atoms with E-state index in [2.05, 4.69) is 10.1 Å². The number of morpholine rings is 1. The van der Waals surface area contributed by atoms with Gasteiger partial charge in [0.25, 0.3) is 0 Å². The smallest absolute Gasteiger partial charge is 0.356 e. The molecule has 6 heteroatoms. The lowest BCUT2D eigenvalue weighted by Gasteiger charge is -2.51. The van der Waals surface area contributed by atoms with E-state index >= 15 is 0 Å². The number of carbonyl (C=O) groups is 1. The van der Waals surface area contributed by atoms with Crippen LogP contribution in [0.4, 0.5) is 0 Å². The van der Waals surface area contributed by atoms with E-state index in [4.69, 9.17) is 14.3 Å². The Morgan fingerprint density at radius 2 is 2.24 bits per heavy atom. The van der Waals surface area contributed by atoms with Gasteiger partial charge in [0.2, 0.25) is 0 Å². The van der Waals surface area contributed by atoms with Crippen LogP contribution >= 0.6 is 0 Å². The predicted molar refractivity (Wildman–Crippen MR) is 76.9 cm³/mol. The Morgan fingerprint density at radius 1 is 1.43 bits per heavy atom. The molecule has 2 atom stereocenters. The maximum Gasteiger partial charge on any atom is 0.356 e. The van der Waals surface area contributed by atoms with Gasteiger partial charge in [0.15, 0.2) is 11.4 Å². The van der Waals surface area contributed by atoms with Crippen LogP contribution < -0.4 is 0 Å². The fraction of sp³-hybridized carbons (Fsp3) is 0.867. The van der Waals surface area contributed by atoms with Crippen LogP contribution in [0.3, 0.4) is 0 Å². The van der Waals surface area contributed by atoms with E-state index in [9.17, 15) is 4.79 Å². The summed E-state index contributed by atoms with van der Waals surface area (Å²) in [6, 6.07) is 0. The molecule has 3 rings (SSSR count). The summed E-state index contributed by atoms with van der Waals surface area (Å²) in [5, 5.41) is 4.14. The van der Waals surface area contributed by atoms with E-state index in [1.165, 1.54) is 6.42 Å². The van der Waals surface area contributed by atoms with Gasteiger partial charge < -0.3 is 14.3 Å². The van der Waals surface area contributed by atoms with E-state index in [-0.39, 0.29) is 11.7 Å². The van der Waals surface area contributed by atoms with Gasteiger partial charge in [0.05, 0.1) is 19.8 Å². The van der Waals surface area contributed by atoms with Crippen LogP contribution in [-0.2, 0) is 19.1 Å². The second-order valence-corrected chi connectivity index (χ2v) is 5.94. The van der Waals surface area contributed by atoms with E-state index in [0.29, 0.717) is 24.7 Å². The quantitative estimate of drug-likeness (QED) is 0.739. The first-order chi connectivity index (χ1) is 10.3.